The Morgan fingerprint density at radius 2 is 1.30 bits per heavy atom. The second-order valence-electron chi connectivity index (χ2n) is 17.5. The van der Waals surface area contributed by atoms with Crippen LogP contribution in [0, 0.1) is 24.2 Å². The normalized spacial score (nSPS) is 15.6. The number of fused-ring (bicyclic) bond motifs is 2. The molecular formula is C52H56Br2N8O12S3. The molecule has 77 heavy (non-hydrogen) atoms. The van der Waals surface area contributed by atoms with E-state index >= 15 is 0 Å². The summed E-state index contributed by atoms with van der Waals surface area (Å²) in [4.78, 5) is 91.9. The summed E-state index contributed by atoms with van der Waals surface area (Å²) in [7, 11) is 5.30. The van der Waals surface area contributed by atoms with Gasteiger partial charge >= 0.3 is 24.2 Å². The maximum atomic E-state index is 12.9. The molecule has 6 heterocycles. The molecule has 3 aromatic heterocycles. The number of benzene rings is 2. The van der Waals surface area contributed by atoms with Gasteiger partial charge in [0.25, 0.3) is 17.7 Å². The van der Waals surface area contributed by atoms with Crippen molar-refractivity contribution in [3.05, 3.63) is 122 Å². The van der Waals surface area contributed by atoms with E-state index in [4.69, 9.17) is 36.8 Å². The van der Waals surface area contributed by atoms with Gasteiger partial charge in [0.05, 0.1) is 60.5 Å². The molecule has 5 aromatic rings. The van der Waals surface area contributed by atoms with Crippen LogP contribution in [0.2, 0.25) is 0 Å². The highest BCUT2D eigenvalue weighted by atomic mass is 79.9. The predicted molar refractivity (Wildman–Crippen MR) is 298 cm³/mol. The number of imide groups is 1. The number of hydrogen-bond acceptors (Lipinski definition) is 17. The standard InChI is InChI=1S/C20H18N4O4S.C17H18N2O6.C10H14BrNO2S.C5H6BrNS/c1-28-13-3-2-12-10-24(17(25)16(12)8-13)11-20(18(26)22-19(27)23-20)7-6-14-4-5-15(9-21)29-14;1-5-17(15(21)24-3,18-16(22)25-4)10-19-9-11-6-7-12(23-2)8-13(11)14(19)20;1-10(2,3)14-9(13)12-6-7-4-5-8(11)15-7;6-5-2-1-4(3-7)8-5/h2-5,8H,9-11,21H2,1H3,(H2,22,23,26,27);1,6-8H,9-10H2,2-4H3,(H,18,22);4-5H,6H2,1-3H3,(H,12,13);1-2H,3,7H2/t20-;17-;;/m11../s1. The first kappa shape index (κ1) is 60.9. The Morgan fingerprint density at radius 3 is 1.75 bits per heavy atom. The van der Waals surface area contributed by atoms with Gasteiger partial charge in [-0.2, -0.15) is 0 Å². The third-order valence-electron chi connectivity index (χ3n) is 11.0. The Labute approximate surface area is 474 Å². The van der Waals surface area contributed by atoms with Crippen molar-refractivity contribution in [2.45, 2.75) is 70.2 Å². The van der Waals surface area contributed by atoms with Gasteiger partial charge in [0.2, 0.25) is 11.1 Å². The lowest BCUT2D eigenvalue weighted by molar-refractivity contribution is -0.146. The molecule has 2 aromatic carbocycles. The number of halogens is 2. The quantitative estimate of drug-likeness (QED) is 0.0323. The van der Waals surface area contributed by atoms with Gasteiger partial charge in [-0.1, -0.05) is 29.9 Å². The van der Waals surface area contributed by atoms with Crippen molar-refractivity contribution < 1.29 is 57.2 Å². The third kappa shape index (κ3) is 16.5. The number of nitrogens with one attached hydrogen (secondary N) is 4. The zero-order valence-corrected chi connectivity index (χ0v) is 48.5. The minimum Gasteiger partial charge on any atom is -0.497 e. The lowest BCUT2D eigenvalue weighted by Gasteiger charge is -2.30. The number of nitrogens with zero attached hydrogens (tertiary/aromatic N) is 2. The molecule has 0 spiro atoms. The molecule has 3 aliphatic heterocycles. The number of terminal acetylenes is 1. The van der Waals surface area contributed by atoms with Gasteiger partial charge in [-0.25, -0.2) is 19.2 Å². The molecule has 7 amide bonds. The van der Waals surface area contributed by atoms with Crippen LogP contribution in [0.3, 0.4) is 0 Å². The van der Waals surface area contributed by atoms with E-state index in [1.165, 1.54) is 40.2 Å². The van der Waals surface area contributed by atoms with Crippen molar-refractivity contribution in [2.24, 2.45) is 11.5 Å². The Bertz CT molecular complexity index is 3100. The number of carbonyl (C=O) groups excluding carboxylic acids is 7. The zero-order chi connectivity index (χ0) is 56.7. The van der Waals surface area contributed by atoms with E-state index in [2.05, 4.69) is 75.6 Å². The van der Waals surface area contributed by atoms with Crippen molar-refractivity contribution in [1.82, 2.24) is 31.1 Å². The molecule has 2 atom stereocenters. The summed E-state index contributed by atoms with van der Waals surface area (Å²) in [5.41, 5.74) is 9.71. The van der Waals surface area contributed by atoms with Crippen LogP contribution < -0.4 is 42.2 Å². The van der Waals surface area contributed by atoms with Gasteiger partial charge in [0.15, 0.2) is 0 Å². The fourth-order valence-electron chi connectivity index (χ4n) is 7.29. The van der Waals surface area contributed by atoms with Crippen LogP contribution in [0.1, 0.15) is 72.1 Å². The number of amides is 7. The third-order valence-corrected chi connectivity index (χ3v) is 15.3. The number of esters is 1. The molecule has 0 saturated carbocycles. The minimum absolute atomic E-state index is 0.0669. The average molecular weight is 1240 g/mol. The molecule has 1 saturated heterocycles. The van der Waals surface area contributed by atoms with Gasteiger partial charge in [0, 0.05) is 51.9 Å². The number of ether oxygens (including phenoxy) is 5. The molecule has 25 heteroatoms. The number of nitrogens with two attached hydrogens (primary N) is 2. The highest BCUT2D eigenvalue weighted by molar-refractivity contribution is 9.11. The lowest BCUT2D eigenvalue weighted by atomic mass is 9.99. The molecule has 1 fully saturated rings. The maximum absolute atomic E-state index is 12.9. The van der Waals surface area contributed by atoms with Crippen molar-refractivity contribution in [2.75, 3.05) is 41.5 Å². The second-order valence-corrected chi connectivity index (χ2v) is 23.8. The first-order chi connectivity index (χ1) is 36.5. The fourth-order valence-corrected chi connectivity index (χ4v) is 10.8. The number of methoxy groups -OCH3 is 4. The molecule has 408 valence electrons. The van der Waals surface area contributed by atoms with E-state index in [0.29, 0.717) is 48.8 Å². The lowest BCUT2D eigenvalue weighted by Crippen LogP contribution is -2.60. The maximum Gasteiger partial charge on any atom is 0.408 e. The van der Waals surface area contributed by atoms with Crippen molar-refractivity contribution >= 4 is 108 Å². The van der Waals surface area contributed by atoms with E-state index < -0.39 is 40.7 Å². The largest absolute Gasteiger partial charge is 0.497 e. The van der Waals surface area contributed by atoms with Crippen molar-refractivity contribution in [3.8, 4) is 35.7 Å². The molecule has 0 aliphatic carbocycles. The molecule has 3 aliphatic rings. The SMILES string of the molecule is C#C[C@](CN1Cc2ccc(OC)cc2C1=O)(NC(=O)OC)C(=O)OC.CC(C)(C)OC(=O)NCc1ccc(Br)s1.COc1ccc2c(c1)C(=O)N(C[C@@]1(C#Cc3ccc(CN)s3)NC(=O)NC1=O)C2.NCc1ccc(Br)s1. The molecule has 0 radical (unpaired) electrons. The number of thiophene rings is 3. The Kier molecular flexibility index (Phi) is 21.6. The second kappa shape index (κ2) is 27.4. The van der Waals surface area contributed by atoms with Gasteiger partial charge in [-0.15, -0.1) is 40.4 Å². The van der Waals surface area contributed by atoms with E-state index in [9.17, 15) is 33.6 Å². The number of rotatable bonds is 12. The van der Waals surface area contributed by atoms with Gasteiger partial charge in [-0.05, 0) is 124 Å². The van der Waals surface area contributed by atoms with Crippen LogP contribution >= 0.6 is 65.9 Å². The molecule has 8 rings (SSSR count). The monoisotopic (exact) mass is 1240 g/mol. The minimum atomic E-state index is -1.86. The first-order valence-electron chi connectivity index (χ1n) is 23.0. The Balaban J connectivity index is 0.000000206. The van der Waals surface area contributed by atoms with Crippen LogP contribution in [-0.4, -0.2) is 110 Å². The van der Waals surface area contributed by atoms with Crippen LogP contribution in [-0.2, 0) is 56.5 Å². The highest BCUT2D eigenvalue weighted by Crippen LogP contribution is 2.31. The van der Waals surface area contributed by atoms with E-state index in [1.54, 1.807) is 53.0 Å². The number of carbonyl (C=O) groups is 7. The fraction of sp³-hybridized carbons (Fsp3) is 0.327. The molecular weight excluding hydrogens is 1180 g/mol. The van der Waals surface area contributed by atoms with Crippen LogP contribution in [0.4, 0.5) is 14.4 Å². The Hall–Kier alpha value is -6.97. The summed E-state index contributed by atoms with van der Waals surface area (Å²) in [5.74, 6) is 7.14. The zero-order valence-electron chi connectivity index (χ0n) is 42.9. The summed E-state index contributed by atoms with van der Waals surface area (Å²) in [6, 6.07) is 21.4. The Morgan fingerprint density at radius 1 is 0.753 bits per heavy atom. The van der Waals surface area contributed by atoms with Gasteiger partial charge < -0.3 is 55.6 Å². The molecule has 0 unspecified atom stereocenters. The molecule has 8 N–H and O–H groups in total. The van der Waals surface area contributed by atoms with Crippen LogP contribution in [0.15, 0.2) is 80.4 Å². The summed E-state index contributed by atoms with van der Waals surface area (Å²) in [6.45, 7) is 7.31. The van der Waals surface area contributed by atoms with Gasteiger partial charge in [-0.3, -0.25) is 25.0 Å². The summed E-state index contributed by atoms with van der Waals surface area (Å²) in [5, 5.41) is 9.80. The molecule has 0 bridgehead atoms. The van der Waals surface area contributed by atoms with Crippen LogP contribution in [0.25, 0.3) is 0 Å². The predicted octanol–water partition coefficient (Wildman–Crippen LogP) is 6.86. The highest BCUT2D eigenvalue weighted by Gasteiger charge is 2.49. The molecule has 20 nitrogen and oxygen atoms in total. The average Bonchev–Trinajstić information content (AvgIpc) is 4.29. The summed E-state index contributed by atoms with van der Waals surface area (Å²) in [6.07, 6.45) is 4.19. The van der Waals surface area contributed by atoms with E-state index in [-0.39, 0.29) is 37.5 Å². The van der Waals surface area contributed by atoms with Crippen molar-refractivity contribution in [3.63, 3.8) is 0 Å². The topological polar surface area (TPSA) is 272 Å². The van der Waals surface area contributed by atoms with Crippen molar-refractivity contribution in [1.29, 1.82) is 0 Å². The van der Waals surface area contributed by atoms with Gasteiger partial charge in [0.1, 0.15) is 17.1 Å². The van der Waals surface area contributed by atoms with E-state index in [0.717, 1.165) is 47.6 Å². The number of urea groups is 1. The summed E-state index contributed by atoms with van der Waals surface area (Å²) >= 11 is 11.4. The van der Waals surface area contributed by atoms with Crippen LogP contribution in [0.5, 0.6) is 11.5 Å². The summed E-state index contributed by atoms with van der Waals surface area (Å²) < 4.78 is 26.8. The number of hydrogen-bond donors (Lipinski definition) is 6. The smallest absolute Gasteiger partial charge is 0.408 e. The first-order valence-corrected chi connectivity index (χ1v) is 27.0. The van der Waals surface area contributed by atoms with E-state index in [1.807, 2.05) is 63.2 Å². The number of alkyl carbamates (subject to hydrolysis) is 2.